The standard InChI is InChI=1S/C23H24O2/c1-2-20(23(24)17-25-16-18-8-4-3-5-9-18)14-19-12-13-21-10-6-7-11-22(21)15-19/h3-13,15,20H,2,14,16-17H2,1H3. The van der Waals surface area contributed by atoms with Crippen molar-refractivity contribution in [3.8, 4) is 0 Å². The highest BCUT2D eigenvalue weighted by atomic mass is 16.5. The Morgan fingerprint density at radius 1 is 0.880 bits per heavy atom. The van der Waals surface area contributed by atoms with Crippen LogP contribution in [0.4, 0.5) is 0 Å². The molecular weight excluding hydrogens is 308 g/mol. The molecule has 0 bridgehead atoms. The van der Waals surface area contributed by atoms with Gasteiger partial charge in [0.1, 0.15) is 6.61 Å². The topological polar surface area (TPSA) is 26.3 Å². The van der Waals surface area contributed by atoms with Gasteiger partial charge in [-0.3, -0.25) is 4.79 Å². The number of ketones is 1. The molecule has 0 heterocycles. The molecule has 0 fully saturated rings. The molecule has 0 aliphatic carbocycles. The number of hydrogen-bond donors (Lipinski definition) is 0. The lowest BCUT2D eigenvalue weighted by Gasteiger charge is -2.14. The van der Waals surface area contributed by atoms with E-state index in [-0.39, 0.29) is 18.3 Å². The highest BCUT2D eigenvalue weighted by Gasteiger charge is 2.17. The summed E-state index contributed by atoms with van der Waals surface area (Å²) in [6.07, 6.45) is 1.61. The zero-order valence-corrected chi connectivity index (χ0v) is 14.7. The molecule has 3 rings (SSSR count). The Labute approximate surface area is 149 Å². The largest absolute Gasteiger partial charge is 0.369 e. The third kappa shape index (κ3) is 4.77. The van der Waals surface area contributed by atoms with Crippen LogP contribution in [0.25, 0.3) is 10.8 Å². The smallest absolute Gasteiger partial charge is 0.161 e. The Morgan fingerprint density at radius 2 is 1.60 bits per heavy atom. The fourth-order valence-electron chi connectivity index (χ4n) is 3.10. The van der Waals surface area contributed by atoms with Gasteiger partial charge in [0.15, 0.2) is 5.78 Å². The number of carbonyl (C=O) groups is 1. The molecular formula is C23H24O2. The zero-order chi connectivity index (χ0) is 17.5. The van der Waals surface area contributed by atoms with Crippen molar-refractivity contribution in [2.24, 2.45) is 5.92 Å². The van der Waals surface area contributed by atoms with E-state index in [1.165, 1.54) is 16.3 Å². The molecule has 0 aliphatic heterocycles. The molecule has 2 heteroatoms. The summed E-state index contributed by atoms with van der Waals surface area (Å²) < 4.78 is 5.62. The molecule has 2 nitrogen and oxygen atoms in total. The number of ether oxygens (including phenoxy) is 1. The molecule has 1 unspecified atom stereocenters. The molecule has 3 aromatic carbocycles. The first-order chi connectivity index (χ1) is 12.3. The fourth-order valence-corrected chi connectivity index (χ4v) is 3.10. The Bertz CT molecular complexity index is 824. The van der Waals surface area contributed by atoms with Gasteiger partial charge in [0.05, 0.1) is 6.61 Å². The maximum absolute atomic E-state index is 12.5. The van der Waals surface area contributed by atoms with Gasteiger partial charge in [0.2, 0.25) is 0 Å². The summed E-state index contributed by atoms with van der Waals surface area (Å²) in [5.74, 6) is 0.198. The van der Waals surface area contributed by atoms with Crippen LogP contribution < -0.4 is 0 Å². The van der Waals surface area contributed by atoms with Gasteiger partial charge in [-0.2, -0.15) is 0 Å². The lowest BCUT2D eigenvalue weighted by molar-refractivity contribution is -0.128. The SMILES string of the molecule is CCC(Cc1ccc2ccccc2c1)C(=O)COCc1ccccc1. The van der Waals surface area contributed by atoms with E-state index in [4.69, 9.17) is 4.74 Å². The van der Waals surface area contributed by atoms with Crippen molar-refractivity contribution in [1.29, 1.82) is 0 Å². The minimum Gasteiger partial charge on any atom is -0.369 e. The van der Waals surface area contributed by atoms with Crippen molar-refractivity contribution in [3.05, 3.63) is 83.9 Å². The summed E-state index contributed by atoms with van der Waals surface area (Å²) in [4.78, 5) is 12.5. The van der Waals surface area contributed by atoms with E-state index >= 15 is 0 Å². The van der Waals surface area contributed by atoms with Crippen LogP contribution in [-0.2, 0) is 22.6 Å². The molecule has 0 radical (unpaired) electrons. The fraction of sp³-hybridized carbons (Fsp3) is 0.261. The first-order valence-electron chi connectivity index (χ1n) is 8.88. The predicted molar refractivity (Wildman–Crippen MR) is 103 cm³/mol. The first-order valence-corrected chi connectivity index (χ1v) is 8.88. The monoisotopic (exact) mass is 332 g/mol. The summed E-state index contributed by atoms with van der Waals surface area (Å²) in [5, 5.41) is 2.46. The average Bonchev–Trinajstić information content (AvgIpc) is 2.66. The summed E-state index contributed by atoms with van der Waals surface area (Å²) in [7, 11) is 0. The zero-order valence-electron chi connectivity index (χ0n) is 14.7. The maximum Gasteiger partial charge on any atom is 0.161 e. The highest BCUT2D eigenvalue weighted by Crippen LogP contribution is 2.20. The van der Waals surface area contributed by atoms with Crippen molar-refractivity contribution in [2.75, 3.05) is 6.61 Å². The van der Waals surface area contributed by atoms with Crippen molar-refractivity contribution >= 4 is 16.6 Å². The first kappa shape index (κ1) is 17.4. The lowest BCUT2D eigenvalue weighted by Crippen LogP contribution is -2.21. The average molecular weight is 332 g/mol. The second-order valence-electron chi connectivity index (χ2n) is 6.44. The van der Waals surface area contributed by atoms with E-state index in [9.17, 15) is 4.79 Å². The van der Waals surface area contributed by atoms with Crippen molar-refractivity contribution < 1.29 is 9.53 Å². The molecule has 0 aliphatic rings. The number of carbonyl (C=O) groups excluding carboxylic acids is 1. The maximum atomic E-state index is 12.5. The molecule has 0 aromatic heterocycles. The minimum absolute atomic E-state index is 0.0111. The normalized spacial score (nSPS) is 12.2. The van der Waals surface area contributed by atoms with E-state index in [1.807, 2.05) is 42.5 Å². The number of Topliss-reactive ketones (excluding diaryl/α,β-unsaturated/α-hetero) is 1. The van der Waals surface area contributed by atoms with Crippen LogP contribution in [-0.4, -0.2) is 12.4 Å². The van der Waals surface area contributed by atoms with E-state index in [0.717, 1.165) is 18.4 Å². The van der Waals surface area contributed by atoms with Gasteiger partial charge in [0.25, 0.3) is 0 Å². The van der Waals surface area contributed by atoms with Crippen molar-refractivity contribution in [2.45, 2.75) is 26.4 Å². The quantitative estimate of drug-likeness (QED) is 0.567. The van der Waals surface area contributed by atoms with Gasteiger partial charge >= 0.3 is 0 Å². The van der Waals surface area contributed by atoms with E-state index < -0.39 is 0 Å². The summed E-state index contributed by atoms with van der Waals surface area (Å²) in [6.45, 7) is 2.74. The second-order valence-corrected chi connectivity index (χ2v) is 6.44. The number of fused-ring (bicyclic) bond motifs is 1. The Kier molecular flexibility index (Phi) is 5.97. The molecule has 0 N–H and O–H groups in total. The number of hydrogen-bond acceptors (Lipinski definition) is 2. The minimum atomic E-state index is 0.0111. The van der Waals surface area contributed by atoms with Crippen LogP contribution in [0, 0.1) is 5.92 Å². The Balaban J connectivity index is 1.57. The number of rotatable bonds is 8. The Hall–Kier alpha value is -2.45. The summed E-state index contributed by atoms with van der Waals surface area (Å²) >= 11 is 0. The summed E-state index contributed by atoms with van der Waals surface area (Å²) in [5.41, 5.74) is 2.31. The Morgan fingerprint density at radius 3 is 2.36 bits per heavy atom. The van der Waals surface area contributed by atoms with Crippen molar-refractivity contribution in [1.82, 2.24) is 0 Å². The van der Waals surface area contributed by atoms with Gasteiger partial charge in [0, 0.05) is 5.92 Å². The van der Waals surface area contributed by atoms with Crippen LogP contribution in [0.1, 0.15) is 24.5 Å². The number of benzene rings is 3. The highest BCUT2D eigenvalue weighted by molar-refractivity contribution is 5.84. The van der Waals surface area contributed by atoms with Crippen LogP contribution in [0.3, 0.4) is 0 Å². The molecule has 1 atom stereocenters. The van der Waals surface area contributed by atoms with Crippen LogP contribution in [0.5, 0.6) is 0 Å². The van der Waals surface area contributed by atoms with E-state index in [0.29, 0.717) is 6.61 Å². The van der Waals surface area contributed by atoms with Crippen LogP contribution >= 0.6 is 0 Å². The van der Waals surface area contributed by atoms with Crippen LogP contribution in [0.2, 0.25) is 0 Å². The molecule has 0 spiro atoms. The van der Waals surface area contributed by atoms with E-state index in [1.54, 1.807) is 0 Å². The molecule has 25 heavy (non-hydrogen) atoms. The van der Waals surface area contributed by atoms with Gasteiger partial charge in [-0.05, 0) is 34.7 Å². The third-order valence-corrected chi connectivity index (χ3v) is 4.60. The van der Waals surface area contributed by atoms with Gasteiger partial charge in [-0.15, -0.1) is 0 Å². The predicted octanol–water partition coefficient (Wildman–Crippen LogP) is 5.19. The third-order valence-electron chi connectivity index (χ3n) is 4.60. The molecule has 0 amide bonds. The second kappa shape index (κ2) is 8.59. The van der Waals surface area contributed by atoms with Gasteiger partial charge in [-0.25, -0.2) is 0 Å². The van der Waals surface area contributed by atoms with E-state index in [2.05, 4.69) is 37.3 Å². The molecule has 0 saturated heterocycles. The van der Waals surface area contributed by atoms with Gasteiger partial charge < -0.3 is 4.74 Å². The molecule has 128 valence electrons. The summed E-state index contributed by atoms with van der Waals surface area (Å²) in [6, 6.07) is 24.7. The molecule has 3 aromatic rings. The molecule has 0 saturated carbocycles. The lowest BCUT2D eigenvalue weighted by atomic mass is 9.92. The van der Waals surface area contributed by atoms with Crippen molar-refractivity contribution in [3.63, 3.8) is 0 Å². The van der Waals surface area contributed by atoms with Crippen LogP contribution in [0.15, 0.2) is 72.8 Å². The van der Waals surface area contributed by atoms with Gasteiger partial charge in [-0.1, -0.05) is 79.7 Å².